The highest BCUT2D eigenvalue weighted by Gasteiger charge is 2.27. The second-order valence-corrected chi connectivity index (χ2v) is 6.91. The molecule has 2 heterocycles. The minimum absolute atomic E-state index is 0.326. The summed E-state index contributed by atoms with van der Waals surface area (Å²) < 4.78 is 2.19. The maximum atomic E-state index is 10.1. The highest BCUT2D eigenvalue weighted by molar-refractivity contribution is 5.78. The zero-order valence-electron chi connectivity index (χ0n) is 16.2. The lowest BCUT2D eigenvalue weighted by Crippen LogP contribution is -2.20. The summed E-state index contributed by atoms with van der Waals surface area (Å²) in [6, 6.07) is 4.61. The average molecular weight is 389 g/mol. The van der Waals surface area contributed by atoms with Crippen molar-refractivity contribution in [2.75, 3.05) is 19.0 Å². The molecule has 0 unspecified atom stereocenters. The summed E-state index contributed by atoms with van der Waals surface area (Å²) >= 11 is 0. The third-order valence-electron chi connectivity index (χ3n) is 4.93. The molecule has 0 aliphatic heterocycles. The Bertz CT molecular complexity index is 835. The Labute approximate surface area is 163 Å². The number of aliphatic carboxylic acids is 1. The maximum Gasteiger partial charge on any atom is 0.329 e. The Morgan fingerprint density at radius 2 is 2.07 bits per heavy atom. The number of nitrogens with one attached hydrogen (secondary N) is 1. The van der Waals surface area contributed by atoms with E-state index >= 15 is 0 Å². The molecular weight excluding hydrogens is 362 g/mol. The van der Waals surface area contributed by atoms with Gasteiger partial charge in [0.15, 0.2) is 0 Å². The summed E-state index contributed by atoms with van der Waals surface area (Å²) in [5, 5.41) is 37.1. The Morgan fingerprint density at radius 3 is 2.57 bits per heavy atom. The van der Waals surface area contributed by atoms with Crippen LogP contribution in [-0.2, 0) is 4.79 Å². The van der Waals surface area contributed by atoms with E-state index in [0.29, 0.717) is 24.2 Å². The summed E-state index contributed by atoms with van der Waals surface area (Å²) in [4.78, 5) is 18.0. The first-order valence-electron chi connectivity index (χ1n) is 9.34. The van der Waals surface area contributed by atoms with Gasteiger partial charge in [-0.2, -0.15) is 5.26 Å². The minimum atomic E-state index is -1.19. The van der Waals surface area contributed by atoms with Gasteiger partial charge in [-0.05, 0) is 38.5 Å². The SMILES string of the molecule is CNc1cc2c(cn1)nc([C@@H](C)O)n2[C@H]1CC[C@H](CC#N)CC1.O=C(O)CO. The first kappa shape index (κ1) is 21.6. The fraction of sp³-hybridized carbons (Fsp3) is 0.579. The number of pyridine rings is 1. The van der Waals surface area contributed by atoms with Crippen molar-refractivity contribution in [2.24, 2.45) is 5.92 Å². The molecule has 2 aromatic heterocycles. The molecule has 1 aliphatic carbocycles. The standard InChI is InChI=1S/C17H23N5O.C2H4O3/c1-11(23)17-21-14-10-20-16(19-2)9-15(14)22(17)13-5-3-12(4-6-13)7-8-18;3-1-2(4)5/h9-13,23H,3-7H2,1-2H3,(H,19,20);3H,1H2,(H,4,5)/t11-,12-,13-;/m1./s1. The monoisotopic (exact) mass is 389 g/mol. The molecule has 1 fully saturated rings. The lowest BCUT2D eigenvalue weighted by Gasteiger charge is -2.30. The van der Waals surface area contributed by atoms with Crippen LogP contribution in [0.25, 0.3) is 11.0 Å². The van der Waals surface area contributed by atoms with Crippen molar-refractivity contribution in [3.05, 3.63) is 18.1 Å². The lowest BCUT2D eigenvalue weighted by molar-refractivity contribution is -0.140. The van der Waals surface area contributed by atoms with Crippen LogP contribution in [0, 0.1) is 17.2 Å². The summed E-state index contributed by atoms with van der Waals surface area (Å²) in [5.41, 5.74) is 1.84. The predicted octanol–water partition coefficient (Wildman–Crippen LogP) is 2.23. The van der Waals surface area contributed by atoms with Gasteiger partial charge in [0, 0.05) is 25.6 Å². The third kappa shape index (κ3) is 5.18. The molecule has 4 N–H and O–H groups in total. The number of fused-ring (bicyclic) bond motifs is 1. The highest BCUT2D eigenvalue weighted by Crippen LogP contribution is 2.37. The van der Waals surface area contributed by atoms with Gasteiger partial charge in [-0.15, -0.1) is 0 Å². The van der Waals surface area contributed by atoms with E-state index < -0.39 is 18.7 Å². The van der Waals surface area contributed by atoms with Crippen LogP contribution in [0.5, 0.6) is 0 Å². The molecule has 0 bridgehead atoms. The van der Waals surface area contributed by atoms with Crippen molar-refractivity contribution in [3.8, 4) is 6.07 Å². The molecular formula is C19H27N5O4. The van der Waals surface area contributed by atoms with E-state index in [9.17, 15) is 5.11 Å². The van der Waals surface area contributed by atoms with Crippen molar-refractivity contribution in [2.45, 2.75) is 51.2 Å². The quantitative estimate of drug-likeness (QED) is 0.609. The molecule has 1 saturated carbocycles. The molecule has 28 heavy (non-hydrogen) atoms. The second-order valence-electron chi connectivity index (χ2n) is 6.91. The first-order valence-corrected chi connectivity index (χ1v) is 9.34. The van der Waals surface area contributed by atoms with Crippen molar-refractivity contribution < 1.29 is 20.1 Å². The predicted molar refractivity (Wildman–Crippen MR) is 104 cm³/mol. The molecule has 2 aromatic rings. The minimum Gasteiger partial charge on any atom is -0.480 e. The van der Waals surface area contributed by atoms with Crippen molar-refractivity contribution in [1.82, 2.24) is 14.5 Å². The number of carboxylic acids is 1. The normalized spacial score (nSPS) is 20.0. The van der Waals surface area contributed by atoms with Crippen molar-refractivity contribution >= 4 is 22.8 Å². The molecule has 0 amide bonds. The van der Waals surface area contributed by atoms with E-state index in [4.69, 9.17) is 20.3 Å². The average Bonchev–Trinajstić information content (AvgIpc) is 3.08. The van der Waals surface area contributed by atoms with Crippen LogP contribution in [0.3, 0.4) is 0 Å². The number of nitriles is 1. The van der Waals surface area contributed by atoms with Crippen LogP contribution >= 0.6 is 0 Å². The second kappa shape index (κ2) is 10.0. The largest absolute Gasteiger partial charge is 0.480 e. The molecule has 0 saturated heterocycles. The molecule has 9 nitrogen and oxygen atoms in total. The smallest absolute Gasteiger partial charge is 0.329 e. The fourth-order valence-electron chi connectivity index (χ4n) is 3.57. The van der Waals surface area contributed by atoms with E-state index in [0.717, 1.165) is 42.5 Å². The van der Waals surface area contributed by atoms with Crippen LogP contribution in [0.2, 0.25) is 0 Å². The third-order valence-corrected chi connectivity index (χ3v) is 4.93. The summed E-state index contributed by atoms with van der Waals surface area (Å²) in [7, 11) is 1.84. The molecule has 1 atom stereocenters. The molecule has 0 radical (unpaired) electrons. The highest BCUT2D eigenvalue weighted by atomic mass is 16.4. The van der Waals surface area contributed by atoms with Gasteiger partial charge in [0.1, 0.15) is 29.9 Å². The van der Waals surface area contributed by atoms with Crippen molar-refractivity contribution in [3.63, 3.8) is 0 Å². The number of imidazole rings is 1. The number of rotatable bonds is 5. The van der Waals surface area contributed by atoms with Crippen LogP contribution in [0.15, 0.2) is 12.3 Å². The van der Waals surface area contributed by atoms with Crippen molar-refractivity contribution in [1.29, 1.82) is 5.26 Å². The van der Waals surface area contributed by atoms with Gasteiger partial charge in [-0.25, -0.2) is 14.8 Å². The number of aliphatic hydroxyl groups excluding tert-OH is 2. The van der Waals surface area contributed by atoms with Crippen LogP contribution in [0.1, 0.15) is 57.0 Å². The lowest BCUT2D eigenvalue weighted by atomic mass is 9.84. The first-order chi connectivity index (χ1) is 13.4. The van der Waals surface area contributed by atoms with E-state index in [1.54, 1.807) is 13.1 Å². The van der Waals surface area contributed by atoms with Crippen LogP contribution in [-0.4, -0.2) is 49.5 Å². The zero-order chi connectivity index (χ0) is 20.7. The van der Waals surface area contributed by atoms with Gasteiger partial charge >= 0.3 is 5.97 Å². The fourth-order valence-corrected chi connectivity index (χ4v) is 3.57. The van der Waals surface area contributed by atoms with Gasteiger partial charge in [0.2, 0.25) is 0 Å². The number of hydrogen-bond donors (Lipinski definition) is 4. The molecule has 9 heteroatoms. The van der Waals surface area contributed by atoms with E-state index in [1.165, 1.54) is 0 Å². The van der Waals surface area contributed by atoms with E-state index in [2.05, 4.69) is 25.9 Å². The topological polar surface area (TPSA) is 144 Å². The van der Waals surface area contributed by atoms with Gasteiger partial charge in [0.05, 0.1) is 17.8 Å². The maximum absolute atomic E-state index is 10.1. The Morgan fingerprint density at radius 1 is 1.43 bits per heavy atom. The molecule has 3 rings (SSSR count). The Hall–Kier alpha value is -2.70. The van der Waals surface area contributed by atoms with Gasteiger partial charge in [-0.1, -0.05) is 0 Å². The number of nitrogens with zero attached hydrogens (tertiary/aromatic N) is 4. The molecule has 0 aromatic carbocycles. The molecule has 1 aliphatic rings. The number of hydrogen-bond acceptors (Lipinski definition) is 7. The zero-order valence-corrected chi connectivity index (χ0v) is 16.2. The number of anilines is 1. The number of carboxylic acid groups (broad SMARTS) is 1. The molecule has 0 spiro atoms. The van der Waals surface area contributed by atoms with E-state index in [-0.39, 0.29) is 0 Å². The number of aromatic nitrogens is 3. The van der Waals surface area contributed by atoms with Crippen LogP contribution in [0.4, 0.5) is 5.82 Å². The number of carbonyl (C=O) groups is 1. The number of aliphatic hydroxyl groups is 2. The van der Waals surface area contributed by atoms with Crippen LogP contribution < -0.4 is 5.32 Å². The summed E-state index contributed by atoms with van der Waals surface area (Å²) in [5.74, 6) is 0.827. The Kier molecular flexibility index (Phi) is 7.72. The van der Waals surface area contributed by atoms with Gasteiger partial charge in [0.25, 0.3) is 0 Å². The van der Waals surface area contributed by atoms with Gasteiger partial charge < -0.3 is 25.2 Å². The summed E-state index contributed by atoms with van der Waals surface area (Å²) in [6.45, 7) is 0.978. The summed E-state index contributed by atoms with van der Waals surface area (Å²) in [6.07, 6.45) is 5.95. The molecule has 152 valence electrons. The Balaban J connectivity index is 0.000000500. The van der Waals surface area contributed by atoms with E-state index in [1.807, 2.05) is 13.1 Å². The van der Waals surface area contributed by atoms with Gasteiger partial charge in [-0.3, -0.25) is 0 Å².